The Bertz CT molecular complexity index is 451. The fourth-order valence-electron chi connectivity index (χ4n) is 2.06. The monoisotopic (exact) mass is 268 g/mol. The van der Waals surface area contributed by atoms with E-state index in [1.807, 2.05) is 19.2 Å². The van der Waals surface area contributed by atoms with Crippen LogP contribution in [-0.2, 0) is 11.3 Å². The van der Waals surface area contributed by atoms with Crippen LogP contribution >= 0.6 is 11.6 Å². The Balaban J connectivity index is 2.20. The zero-order chi connectivity index (χ0) is 13.1. The molecule has 1 heterocycles. The van der Waals surface area contributed by atoms with E-state index in [1.165, 1.54) is 0 Å². The average Bonchev–Trinajstić information content (AvgIpc) is 2.65. The minimum atomic E-state index is -0.412. The summed E-state index contributed by atoms with van der Waals surface area (Å²) < 4.78 is 5.81. The van der Waals surface area contributed by atoms with Crippen LogP contribution in [0, 0.1) is 0 Å². The summed E-state index contributed by atoms with van der Waals surface area (Å²) in [4.78, 5) is 13.5. The number of ether oxygens (including phenoxy) is 1. The number of nitrogens with zero attached hydrogens (tertiary/aromatic N) is 1. The van der Waals surface area contributed by atoms with Gasteiger partial charge in [-0.1, -0.05) is 23.7 Å². The zero-order valence-corrected chi connectivity index (χ0v) is 11.3. The number of carbonyl (C=O) groups is 1. The molecule has 1 aliphatic rings. The van der Waals surface area contributed by atoms with Crippen LogP contribution in [0.1, 0.15) is 12.0 Å². The van der Waals surface area contributed by atoms with Gasteiger partial charge in [-0.2, -0.15) is 0 Å². The van der Waals surface area contributed by atoms with Crippen LogP contribution in [0.2, 0.25) is 5.02 Å². The minimum absolute atomic E-state index is 0.0188. The summed E-state index contributed by atoms with van der Waals surface area (Å²) in [7, 11) is 3.64. The van der Waals surface area contributed by atoms with Crippen molar-refractivity contribution in [2.45, 2.75) is 19.1 Å². The van der Waals surface area contributed by atoms with Crippen molar-refractivity contribution in [1.29, 1.82) is 0 Å². The first-order valence-electron chi connectivity index (χ1n) is 5.97. The van der Waals surface area contributed by atoms with Crippen molar-refractivity contribution < 1.29 is 9.53 Å². The number of likely N-dealkylation sites (N-methyl/N-ethyl adjacent to an activating group) is 1. The summed E-state index contributed by atoms with van der Waals surface area (Å²) >= 11 is 6.15. The zero-order valence-electron chi connectivity index (χ0n) is 10.6. The molecule has 98 valence electrons. The summed E-state index contributed by atoms with van der Waals surface area (Å²) in [6, 6.07) is 5.60. The second-order valence-corrected chi connectivity index (χ2v) is 4.82. The van der Waals surface area contributed by atoms with Gasteiger partial charge in [-0.25, -0.2) is 0 Å². The lowest BCUT2D eigenvalue weighted by atomic mass is 10.2. The molecule has 0 aromatic heterocycles. The predicted molar refractivity (Wildman–Crippen MR) is 70.9 cm³/mol. The maximum Gasteiger partial charge on any atom is 0.263 e. The van der Waals surface area contributed by atoms with Crippen LogP contribution in [0.25, 0.3) is 0 Å². The van der Waals surface area contributed by atoms with Gasteiger partial charge >= 0.3 is 0 Å². The van der Waals surface area contributed by atoms with Gasteiger partial charge in [0.2, 0.25) is 0 Å². The molecule has 1 atom stereocenters. The number of hydrogen-bond donors (Lipinski definition) is 1. The van der Waals surface area contributed by atoms with Crippen molar-refractivity contribution in [1.82, 2.24) is 10.2 Å². The highest BCUT2D eigenvalue weighted by Gasteiger charge is 2.31. The van der Waals surface area contributed by atoms with Gasteiger partial charge in [0.15, 0.2) is 6.10 Å². The average molecular weight is 269 g/mol. The summed E-state index contributed by atoms with van der Waals surface area (Å²) in [6.45, 7) is 1.39. The molecule has 0 bridgehead atoms. The van der Waals surface area contributed by atoms with Crippen molar-refractivity contribution >= 4 is 17.5 Å². The Hall–Kier alpha value is -1.26. The minimum Gasteiger partial charge on any atom is -0.479 e. The Morgan fingerprint density at radius 3 is 2.94 bits per heavy atom. The van der Waals surface area contributed by atoms with E-state index in [0.717, 1.165) is 12.1 Å². The van der Waals surface area contributed by atoms with E-state index in [-0.39, 0.29) is 5.91 Å². The number of hydrogen-bond acceptors (Lipinski definition) is 3. The SMILES string of the molecule is CNCc1cccc(Cl)c1OC1CCN(C)C1=O. The third-order valence-electron chi connectivity index (χ3n) is 3.05. The molecule has 1 fully saturated rings. The lowest BCUT2D eigenvalue weighted by Crippen LogP contribution is -2.29. The van der Waals surface area contributed by atoms with Crippen LogP contribution in [0.15, 0.2) is 18.2 Å². The highest BCUT2D eigenvalue weighted by Crippen LogP contribution is 2.31. The van der Waals surface area contributed by atoms with Crippen molar-refractivity contribution in [2.75, 3.05) is 20.6 Å². The smallest absolute Gasteiger partial charge is 0.263 e. The molecule has 0 saturated carbocycles. The lowest BCUT2D eigenvalue weighted by molar-refractivity contribution is -0.132. The molecule has 1 aromatic rings. The first-order chi connectivity index (χ1) is 8.63. The largest absolute Gasteiger partial charge is 0.479 e. The van der Waals surface area contributed by atoms with E-state index in [1.54, 1.807) is 18.0 Å². The van der Waals surface area contributed by atoms with Gasteiger partial charge in [0, 0.05) is 32.1 Å². The van der Waals surface area contributed by atoms with Gasteiger partial charge in [0.05, 0.1) is 5.02 Å². The van der Waals surface area contributed by atoms with Crippen molar-refractivity contribution in [2.24, 2.45) is 0 Å². The summed E-state index contributed by atoms with van der Waals surface area (Å²) in [6.07, 6.45) is 0.296. The highest BCUT2D eigenvalue weighted by atomic mass is 35.5. The quantitative estimate of drug-likeness (QED) is 0.903. The van der Waals surface area contributed by atoms with Crippen molar-refractivity contribution in [3.05, 3.63) is 28.8 Å². The van der Waals surface area contributed by atoms with Crippen LogP contribution in [-0.4, -0.2) is 37.6 Å². The van der Waals surface area contributed by atoms with Gasteiger partial charge in [0.25, 0.3) is 5.91 Å². The molecule has 0 radical (unpaired) electrons. The lowest BCUT2D eigenvalue weighted by Gasteiger charge is -2.17. The summed E-state index contributed by atoms with van der Waals surface area (Å²) in [5.41, 5.74) is 0.965. The van der Waals surface area contributed by atoms with Gasteiger partial charge in [-0.3, -0.25) is 4.79 Å². The number of para-hydroxylation sites is 1. The van der Waals surface area contributed by atoms with Crippen molar-refractivity contribution in [3.63, 3.8) is 0 Å². The molecule has 2 rings (SSSR count). The number of nitrogens with one attached hydrogen (secondary N) is 1. The molecule has 1 aliphatic heterocycles. The molecule has 1 saturated heterocycles. The van der Waals surface area contributed by atoms with Gasteiger partial charge in [-0.15, -0.1) is 0 Å². The molecule has 1 unspecified atom stereocenters. The molecular formula is C13H17ClN2O2. The van der Waals surface area contributed by atoms with Crippen LogP contribution in [0.4, 0.5) is 0 Å². The molecule has 0 spiro atoms. The van der Waals surface area contributed by atoms with Crippen molar-refractivity contribution in [3.8, 4) is 5.75 Å². The Morgan fingerprint density at radius 1 is 1.56 bits per heavy atom. The van der Waals surface area contributed by atoms with E-state index in [4.69, 9.17) is 16.3 Å². The molecule has 4 nitrogen and oxygen atoms in total. The first-order valence-corrected chi connectivity index (χ1v) is 6.35. The van der Waals surface area contributed by atoms with E-state index >= 15 is 0 Å². The maximum atomic E-state index is 11.8. The molecule has 1 N–H and O–H groups in total. The number of rotatable bonds is 4. The van der Waals surface area contributed by atoms with Gasteiger partial charge in [0.1, 0.15) is 5.75 Å². The number of likely N-dealkylation sites (tertiary alicyclic amines) is 1. The second kappa shape index (κ2) is 5.59. The molecule has 1 aromatic carbocycles. The number of carbonyl (C=O) groups excluding carboxylic acids is 1. The second-order valence-electron chi connectivity index (χ2n) is 4.41. The number of benzene rings is 1. The molecular weight excluding hydrogens is 252 g/mol. The van der Waals surface area contributed by atoms with Gasteiger partial charge < -0.3 is 15.0 Å². The molecule has 1 amide bonds. The first kappa shape index (κ1) is 13.2. The van der Waals surface area contributed by atoms with Gasteiger partial charge in [-0.05, 0) is 13.1 Å². The third-order valence-corrected chi connectivity index (χ3v) is 3.35. The molecule has 0 aliphatic carbocycles. The maximum absolute atomic E-state index is 11.8. The molecule has 18 heavy (non-hydrogen) atoms. The topological polar surface area (TPSA) is 41.6 Å². The summed E-state index contributed by atoms with van der Waals surface area (Å²) in [5.74, 6) is 0.632. The fraction of sp³-hybridized carbons (Fsp3) is 0.462. The normalized spacial score (nSPS) is 19.4. The van der Waals surface area contributed by atoms with Crippen LogP contribution < -0.4 is 10.1 Å². The Labute approximate surface area is 112 Å². The number of halogens is 1. The number of amides is 1. The predicted octanol–water partition coefficient (Wildman–Crippen LogP) is 1.67. The highest BCUT2D eigenvalue weighted by molar-refractivity contribution is 6.32. The third kappa shape index (κ3) is 2.60. The molecule has 5 heteroatoms. The fourth-order valence-corrected chi connectivity index (χ4v) is 2.30. The van der Waals surface area contributed by atoms with E-state index in [9.17, 15) is 4.79 Å². The van der Waals surface area contributed by atoms with Crippen LogP contribution in [0.5, 0.6) is 5.75 Å². The Kier molecular flexibility index (Phi) is 4.09. The van der Waals surface area contributed by atoms with E-state index in [0.29, 0.717) is 23.7 Å². The van der Waals surface area contributed by atoms with E-state index in [2.05, 4.69) is 5.32 Å². The van der Waals surface area contributed by atoms with E-state index < -0.39 is 6.10 Å². The summed E-state index contributed by atoms with van der Waals surface area (Å²) in [5, 5.41) is 3.61. The Morgan fingerprint density at radius 2 is 2.33 bits per heavy atom. The standard InChI is InChI=1S/C13H17ClN2O2/c1-15-8-9-4-3-5-10(14)12(9)18-11-6-7-16(2)13(11)17/h3-5,11,15H,6-8H2,1-2H3. The van der Waals surface area contributed by atoms with Crippen LogP contribution in [0.3, 0.4) is 0 Å².